The second kappa shape index (κ2) is 8.49. The highest BCUT2D eigenvalue weighted by Gasteiger charge is 2.38. The molecule has 0 radical (unpaired) electrons. The molecule has 5 heteroatoms. The minimum absolute atomic E-state index is 0.305. The lowest BCUT2D eigenvalue weighted by Crippen LogP contribution is -2.09. The van der Waals surface area contributed by atoms with Gasteiger partial charge in [-0.2, -0.15) is 0 Å². The predicted octanol–water partition coefficient (Wildman–Crippen LogP) is 6.76. The number of rotatable bonds is 8. The van der Waals surface area contributed by atoms with Crippen LogP contribution in [0.1, 0.15) is 35.5 Å². The molecule has 0 N–H and O–H groups in total. The van der Waals surface area contributed by atoms with E-state index in [0.717, 1.165) is 4.88 Å². The van der Waals surface area contributed by atoms with E-state index in [4.69, 9.17) is 9.05 Å². The zero-order valence-corrected chi connectivity index (χ0v) is 17.2. The van der Waals surface area contributed by atoms with Gasteiger partial charge in [0, 0.05) is 9.58 Å². The molecule has 3 rings (SSSR count). The molecule has 26 heavy (non-hydrogen) atoms. The van der Waals surface area contributed by atoms with Crippen LogP contribution in [0.5, 0.6) is 0 Å². The zero-order valence-electron chi connectivity index (χ0n) is 15.5. The van der Waals surface area contributed by atoms with E-state index in [1.807, 2.05) is 38.1 Å². The Morgan fingerprint density at radius 3 is 2.31 bits per heavy atom. The van der Waals surface area contributed by atoms with Gasteiger partial charge >= 0.3 is 7.60 Å². The van der Waals surface area contributed by atoms with Crippen LogP contribution in [0.4, 0.5) is 0 Å². The van der Waals surface area contributed by atoms with Gasteiger partial charge in [-0.05, 0) is 55.8 Å². The van der Waals surface area contributed by atoms with E-state index < -0.39 is 7.60 Å². The molecule has 0 aliphatic heterocycles. The van der Waals surface area contributed by atoms with Crippen LogP contribution in [0.15, 0.2) is 54.6 Å². The summed E-state index contributed by atoms with van der Waals surface area (Å²) in [5, 5.41) is 1.17. The van der Waals surface area contributed by atoms with Crippen LogP contribution in [0.25, 0.3) is 10.1 Å². The standard InChI is InChI=1S/C21H25O3PS/c1-4-23-25(22,24-5-2)19(14-17-11-7-6-10-16(17)3)21-15-18-12-8-9-13-20(18)26-21/h6-13,15,19H,4-5,14H2,1-3H3. The average Bonchev–Trinajstić information content (AvgIpc) is 3.05. The molecular formula is C21H25O3PS. The number of aryl methyl sites for hydroxylation is 1. The Hall–Kier alpha value is -1.45. The fourth-order valence-corrected chi connectivity index (χ4v) is 6.72. The summed E-state index contributed by atoms with van der Waals surface area (Å²) in [6.07, 6.45) is 0.636. The lowest BCUT2D eigenvalue weighted by Gasteiger charge is -2.26. The second-order valence-corrected chi connectivity index (χ2v) is 9.54. The van der Waals surface area contributed by atoms with Gasteiger partial charge in [-0.3, -0.25) is 4.57 Å². The first kappa shape index (κ1) is 19.3. The molecule has 0 aliphatic carbocycles. The van der Waals surface area contributed by atoms with Crippen molar-refractivity contribution in [2.45, 2.75) is 32.9 Å². The summed E-state index contributed by atoms with van der Waals surface area (Å²) in [4.78, 5) is 1.06. The Bertz CT molecular complexity index is 875. The number of benzene rings is 2. The monoisotopic (exact) mass is 388 g/mol. The third-order valence-electron chi connectivity index (χ3n) is 4.45. The number of thiophene rings is 1. The first-order valence-corrected chi connectivity index (χ1v) is 11.4. The predicted molar refractivity (Wildman–Crippen MR) is 110 cm³/mol. The van der Waals surface area contributed by atoms with Crippen LogP contribution in [0, 0.1) is 6.92 Å². The van der Waals surface area contributed by atoms with Crippen molar-refractivity contribution >= 4 is 29.0 Å². The largest absolute Gasteiger partial charge is 0.339 e. The van der Waals surface area contributed by atoms with Gasteiger partial charge in [-0.1, -0.05) is 42.5 Å². The summed E-state index contributed by atoms with van der Waals surface area (Å²) in [5.74, 6) is 0. The van der Waals surface area contributed by atoms with Crippen LogP contribution in [-0.4, -0.2) is 13.2 Å². The van der Waals surface area contributed by atoms with Gasteiger partial charge in [0.05, 0.1) is 18.9 Å². The van der Waals surface area contributed by atoms with E-state index in [2.05, 4.69) is 37.3 Å². The minimum atomic E-state index is -3.28. The van der Waals surface area contributed by atoms with Crippen LogP contribution in [0.3, 0.4) is 0 Å². The van der Waals surface area contributed by atoms with Crippen molar-refractivity contribution in [2.24, 2.45) is 0 Å². The van der Waals surface area contributed by atoms with E-state index in [1.54, 1.807) is 11.3 Å². The molecule has 0 amide bonds. The molecular weight excluding hydrogens is 363 g/mol. The van der Waals surface area contributed by atoms with Crippen LogP contribution < -0.4 is 0 Å². The Labute approximate surface area is 159 Å². The van der Waals surface area contributed by atoms with Crippen LogP contribution >= 0.6 is 18.9 Å². The van der Waals surface area contributed by atoms with Crippen molar-refractivity contribution in [1.29, 1.82) is 0 Å². The molecule has 0 saturated carbocycles. The summed E-state index contributed by atoms with van der Waals surface area (Å²) in [6.45, 7) is 6.55. The molecule has 0 aliphatic rings. The second-order valence-electron chi connectivity index (χ2n) is 6.21. The molecule has 0 fully saturated rings. The van der Waals surface area contributed by atoms with Crippen molar-refractivity contribution in [3.63, 3.8) is 0 Å². The maximum atomic E-state index is 13.7. The molecule has 3 aromatic rings. The van der Waals surface area contributed by atoms with Crippen molar-refractivity contribution in [3.8, 4) is 0 Å². The summed E-state index contributed by atoms with van der Waals surface area (Å²) < 4.78 is 26.3. The summed E-state index contributed by atoms with van der Waals surface area (Å²) in [6, 6.07) is 18.6. The molecule has 138 valence electrons. The zero-order chi connectivity index (χ0) is 18.6. The number of fused-ring (bicyclic) bond motifs is 1. The molecule has 0 bridgehead atoms. The van der Waals surface area contributed by atoms with E-state index >= 15 is 0 Å². The third-order valence-corrected chi connectivity index (χ3v) is 8.31. The highest BCUT2D eigenvalue weighted by molar-refractivity contribution is 7.54. The minimum Gasteiger partial charge on any atom is -0.308 e. The summed E-state index contributed by atoms with van der Waals surface area (Å²) in [5.41, 5.74) is 2.06. The van der Waals surface area contributed by atoms with Crippen LogP contribution in [0.2, 0.25) is 0 Å². The van der Waals surface area contributed by atoms with Crippen molar-refractivity contribution in [1.82, 2.24) is 0 Å². The normalized spacial score (nSPS) is 13.2. The maximum absolute atomic E-state index is 13.7. The molecule has 0 spiro atoms. The Kier molecular flexibility index (Phi) is 6.31. The van der Waals surface area contributed by atoms with E-state index in [-0.39, 0.29) is 5.66 Å². The Morgan fingerprint density at radius 2 is 1.65 bits per heavy atom. The molecule has 0 saturated heterocycles. The molecule has 1 aromatic heterocycles. The van der Waals surface area contributed by atoms with Crippen molar-refractivity contribution in [2.75, 3.05) is 13.2 Å². The molecule has 1 atom stereocenters. The lowest BCUT2D eigenvalue weighted by atomic mass is 10.0. The molecule has 1 heterocycles. The highest BCUT2D eigenvalue weighted by Crippen LogP contribution is 2.63. The van der Waals surface area contributed by atoms with Crippen molar-refractivity contribution < 1.29 is 13.6 Å². The maximum Gasteiger partial charge on any atom is 0.339 e. The smallest absolute Gasteiger partial charge is 0.308 e. The third kappa shape index (κ3) is 4.10. The van der Waals surface area contributed by atoms with E-state index in [9.17, 15) is 4.57 Å². The van der Waals surface area contributed by atoms with Gasteiger partial charge in [0.2, 0.25) is 0 Å². The average molecular weight is 388 g/mol. The lowest BCUT2D eigenvalue weighted by molar-refractivity contribution is 0.212. The highest BCUT2D eigenvalue weighted by atomic mass is 32.1. The molecule has 3 nitrogen and oxygen atoms in total. The molecule has 2 aromatic carbocycles. The Balaban J connectivity index is 2.08. The summed E-state index contributed by atoms with van der Waals surface area (Å²) >= 11 is 1.68. The Morgan fingerprint density at radius 1 is 1.00 bits per heavy atom. The van der Waals surface area contributed by atoms with Gasteiger partial charge in [-0.15, -0.1) is 11.3 Å². The first-order chi connectivity index (χ1) is 12.6. The quantitative estimate of drug-likeness (QED) is 0.400. The fraction of sp³-hybridized carbons (Fsp3) is 0.333. The van der Waals surface area contributed by atoms with E-state index in [0.29, 0.717) is 19.6 Å². The topological polar surface area (TPSA) is 35.5 Å². The van der Waals surface area contributed by atoms with Crippen molar-refractivity contribution in [3.05, 3.63) is 70.6 Å². The number of hydrogen-bond acceptors (Lipinski definition) is 4. The fourth-order valence-electron chi connectivity index (χ4n) is 3.16. The SMILES string of the molecule is CCOP(=O)(OCC)C(Cc1ccccc1C)c1cc2ccccc2s1. The number of hydrogen-bond donors (Lipinski definition) is 0. The van der Waals surface area contributed by atoms with Crippen LogP contribution in [-0.2, 0) is 20.0 Å². The van der Waals surface area contributed by atoms with Gasteiger partial charge < -0.3 is 9.05 Å². The molecule has 1 unspecified atom stereocenters. The van der Waals surface area contributed by atoms with Gasteiger partial charge in [-0.25, -0.2) is 0 Å². The van der Waals surface area contributed by atoms with Gasteiger partial charge in [0.1, 0.15) is 0 Å². The van der Waals surface area contributed by atoms with Gasteiger partial charge in [0.25, 0.3) is 0 Å². The summed E-state index contributed by atoms with van der Waals surface area (Å²) in [7, 11) is -3.28. The van der Waals surface area contributed by atoms with Gasteiger partial charge in [0.15, 0.2) is 0 Å². The first-order valence-electron chi connectivity index (χ1n) is 8.99. The van der Waals surface area contributed by atoms with E-state index in [1.165, 1.54) is 21.2 Å².